The number of cyclic esters (lactones) is 1. The van der Waals surface area contributed by atoms with Crippen LogP contribution in [0.3, 0.4) is 0 Å². The van der Waals surface area contributed by atoms with Crippen LogP contribution in [0.25, 0.3) is 0 Å². The number of hydrogen-bond donors (Lipinski definition) is 1. The van der Waals surface area contributed by atoms with Gasteiger partial charge in [0, 0.05) is 11.1 Å². The van der Waals surface area contributed by atoms with Crippen LogP contribution in [0.2, 0.25) is 0 Å². The van der Waals surface area contributed by atoms with Crippen molar-refractivity contribution < 1.29 is 9.53 Å². The third kappa shape index (κ3) is 2.78. The first-order chi connectivity index (χ1) is 12.3. The Hall–Kier alpha value is -3.07. The number of carbonyl (C=O) groups excluding carboxylic acids is 1. The van der Waals surface area contributed by atoms with Crippen molar-refractivity contribution in [3.8, 4) is 0 Å². The molecule has 1 aliphatic heterocycles. The highest BCUT2D eigenvalue weighted by molar-refractivity contribution is 5.73. The van der Waals surface area contributed by atoms with E-state index >= 15 is 0 Å². The van der Waals surface area contributed by atoms with Crippen molar-refractivity contribution in [1.82, 2.24) is 5.32 Å². The van der Waals surface area contributed by atoms with Crippen LogP contribution in [0.4, 0.5) is 4.79 Å². The molecule has 0 aliphatic carbocycles. The molecule has 4 rings (SSSR count). The molecule has 0 radical (unpaired) electrons. The summed E-state index contributed by atoms with van der Waals surface area (Å²) >= 11 is 0. The summed E-state index contributed by atoms with van der Waals surface area (Å²) in [5.41, 5.74) is 2.27. The maximum atomic E-state index is 12.3. The molecule has 1 N–H and O–H groups in total. The summed E-state index contributed by atoms with van der Waals surface area (Å²) in [5, 5.41) is 3.03. The van der Waals surface area contributed by atoms with Gasteiger partial charge in [0.15, 0.2) is 5.60 Å². The van der Waals surface area contributed by atoms with Crippen molar-refractivity contribution in [3.63, 3.8) is 0 Å². The van der Waals surface area contributed by atoms with E-state index in [4.69, 9.17) is 4.74 Å². The molecule has 124 valence electrons. The van der Waals surface area contributed by atoms with Crippen LogP contribution in [0, 0.1) is 0 Å². The van der Waals surface area contributed by atoms with Gasteiger partial charge in [-0.15, -0.1) is 0 Å². The van der Waals surface area contributed by atoms with Crippen molar-refractivity contribution in [2.45, 2.75) is 18.1 Å². The van der Waals surface area contributed by atoms with Gasteiger partial charge in [-0.3, -0.25) is 0 Å². The lowest BCUT2D eigenvalue weighted by Gasteiger charge is -2.33. The summed E-state index contributed by atoms with van der Waals surface area (Å²) in [4.78, 5) is 12.3. The molecule has 1 amide bonds. The zero-order valence-electron chi connectivity index (χ0n) is 13.8. The number of benzene rings is 3. The van der Waals surface area contributed by atoms with Gasteiger partial charge in [-0.1, -0.05) is 91.0 Å². The molecule has 1 atom stereocenters. The highest BCUT2D eigenvalue weighted by Crippen LogP contribution is 2.41. The van der Waals surface area contributed by atoms with Crippen molar-refractivity contribution in [2.24, 2.45) is 0 Å². The van der Waals surface area contributed by atoms with Crippen molar-refractivity contribution in [2.75, 3.05) is 0 Å². The second kappa shape index (κ2) is 6.44. The lowest BCUT2D eigenvalue weighted by molar-refractivity contribution is 0.0683. The first-order valence-electron chi connectivity index (χ1n) is 8.43. The minimum atomic E-state index is -0.838. The maximum absolute atomic E-state index is 12.3. The number of rotatable bonds is 4. The molecule has 3 aromatic rings. The molecule has 3 aromatic carbocycles. The third-order valence-corrected chi connectivity index (χ3v) is 4.72. The zero-order valence-corrected chi connectivity index (χ0v) is 13.8. The molecule has 0 bridgehead atoms. The Balaban J connectivity index is 1.85. The van der Waals surface area contributed by atoms with E-state index in [1.165, 1.54) is 0 Å². The SMILES string of the molecule is O=C1N[C@@H](Cc2ccccc2)C(c2ccccc2)(c2ccccc2)O1. The minimum absolute atomic E-state index is 0.188. The van der Waals surface area contributed by atoms with Crippen molar-refractivity contribution >= 4 is 6.09 Å². The lowest BCUT2D eigenvalue weighted by Crippen LogP contribution is -2.43. The van der Waals surface area contributed by atoms with Gasteiger partial charge in [-0.25, -0.2) is 4.79 Å². The Morgan fingerprint density at radius 2 is 1.24 bits per heavy atom. The van der Waals surface area contributed by atoms with Crippen molar-refractivity contribution in [3.05, 3.63) is 108 Å². The van der Waals surface area contributed by atoms with Crippen LogP contribution >= 0.6 is 0 Å². The van der Waals surface area contributed by atoms with E-state index < -0.39 is 5.60 Å². The van der Waals surface area contributed by atoms with Crippen LogP contribution in [-0.4, -0.2) is 12.1 Å². The van der Waals surface area contributed by atoms with Crippen LogP contribution in [0.15, 0.2) is 91.0 Å². The summed E-state index contributed by atoms with van der Waals surface area (Å²) in [5.74, 6) is 0. The number of ether oxygens (including phenoxy) is 1. The molecule has 3 heteroatoms. The Morgan fingerprint density at radius 1 is 0.760 bits per heavy atom. The topological polar surface area (TPSA) is 38.3 Å². The van der Waals surface area contributed by atoms with E-state index in [-0.39, 0.29) is 12.1 Å². The Labute approximate surface area is 147 Å². The highest BCUT2D eigenvalue weighted by Gasteiger charge is 2.51. The molecule has 3 nitrogen and oxygen atoms in total. The minimum Gasteiger partial charge on any atom is -0.431 e. The predicted octanol–water partition coefficient (Wildman–Crippen LogP) is 4.28. The zero-order chi connectivity index (χ0) is 17.1. The molecule has 0 unspecified atom stereocenters. The number of nitrogens with one attached hydrogen (secondary N) is 1. The summed E-state index contributed by atoms with van der Waals surface area (Å²) in [7, 11) is 0. The van der Waals surface area contributed by atoms with E-state index in [0.29, 0.717) is 6.42 Å². The number of alkyl carbamates (subject to hydrolysis) is 1. The molecule has 1 fully saturated rings. The average Bonchev–Trinajstić information content (AvgIpc) is 3.01. The molecule has 0 aromatic heterocycles. The quantitative estimate of drug-likeness (QED) is 0.776. The summed E-state index contributed by atoms with van der Waals surface area (Å²) in [6.45, 7) is 0. The van der Waals surface area contributed by atoms with Gasteiger partial charge in [0.05, 0.1) is 6.04 Å². The van der Waals surface area contributed by atoms with Crippen LogP contribution in [-0.2, 0) is 16.8 Å². The van der Waals surface area contributed by atoms with Gasteiger partial charge in [0.25, 0.3) is 0 Å². The third-order valence-electron chi connectivity index (χ3n) is 4.72. The predicted molar refractivity (Wildman–Crippen MR) is 97.2 cm³/mol. The number of amides is 1. The fourth-order valence-corrected chi connectivity index (χ4v) is 3.59. The number of hydrogen-bond acceptors (Lipinski definition) is 2. The monoisotopic (exact) mass is 329 g/mol. The molecular formula is C22H19NO2. The summed E-state index contributed by atoms with van der Waals surface area (Å²) < 4.78 is 5.96. The Morgan fingerprint density at radius 3 is 1.76 bits per heavy atom. The highest BCUT2D eigenvalue weighted by atomic mass is 16.6. The standard InChI is InChI=1S/C22H19NO2/c24-21-23-20(16-17-10-4-1-5-11-17)22(25-21,18-12-6-2-7-13-18)19-14-8-3-9-15-19/h1-15,20H,16H2,(H,23,24)/t20-/m0/s1. The molecule has 0 saturated carbocycles. The molecule has 1 aliphatic rings. The molecule has 1 heterocycles. The van der Waals surface area contributed by atoms with Gasteiger partial charge in [0.2, 0.25) is 0 Å². The Kier molecular flexibility index (Phi) is 3.98. The van der Waals surface area contributed by atoms with Gasteiger partial charge in [-0.2, -0.15) is 0 Å². The molecule has 25 heavy (non-hydrogen) atoms. The van der Waals surface area contributed by atoms with E-state index in [1.807, 2.05) is 78.9 Å². The van der Waals surface area contributed by atoms with E-state index in [2.05, 4.69) is 17.4 Å². The second-order valence-corrected chi connectivity index (χ2v) is 6.24. The summed E-state index contributed by atoms with van der Waals surface area (Å²) in [6, 6.07) is 29.9. The van der Waals surface area contributed by atoms with E-state index in [0.717, 1.165) is 16.7 Å². The van der Waals surface area contributed by atoms with E-state index in [1.54, 1.807) is 0 Å². The largest absolute Gasteiger partial charge is 0.431 e. The lowest BCUT2D eigenvalue weighted by atomic mass is 9.78. The van der Waals surface area contributed by atoms with Crippen LogP contribution in [0.5, 0.6) is 0 Å². The second-order valence-electron chi connectivity index (χ2n) is 6.24. The Bertz CT molecular complexity index is 807. The average molecular weight is 329 g/mol. The fourth-order valence-electron chi connectivity index (χ4n) is 3.59. The van der Waals surface area contributed by atoms with Gasteiger partial charge >= 0.3 is 6.09 Å². The first kappa shape index (κ1) is 15.5. The van der Waals surface area contributed by atoms with Gasteiger partial charge in [0.1, 0.15) is 0 Å². The fraction of sp³-hybridized carbons (Fsp3) is 0.136. The molecular weight excluding hydrogens is 310 g/mol. The normalized spacial score (nSPS) is 18.4. The molecule has 1 saturated heterocycles. The van der Waals surface area contributed by atoms with Gasteiger partial charge in [-0.05, 0) is 12.0 Å². The smallest absolute Gasteiger partial charge is 0.408 e. The first-order valence-corrected chi connectivity index (χ1v) is 8.43. The number of carbonyl (C=O) groups is 1. The van der Waals surface area contributed by atoms with E-state index in [9.17, 15) is 4.79 Å². The maximum Gasteiger partial charge on any atom is 0.408 e. The van der Waals surface area contributed by atoms with Crippen LogP contribution < -0.4 is 5.32 Å². The molecule has 0 spiro atoms. The summed E-state index contributed by atoms with van der Waals surface area (Å²) in [6.07, 6.45) is 0.310. The van der Waals surface area contributed by atoms with Gasteiger partial charge < -0.3 is 10.1 Å². The van der Waals surface area contributed by atoms with Crippen molar-refractivity contribution in [1.29, 1.82) is 0 Å². The van der Waals surface area contributed by atoms with Crippen LogP contribution in [0.1, 0.15) is 16.7 Å².